The topological polar surface area (TPSA) is 21.7 Å². The zero-order valence-corrected chi connectivity index (χ0v) is 9.04. The van der Waals surface area contributed by atoms with Crippen LogP contribution in [-0.4, -0.2) is 23.0 Å². The van der Waals surface area contributed by atoms with Crippen LogP contribution in [0.4, 0.5) is 0 Å². The number of hydroxylamine groups is 2. The molecular formula is C6H15NO2S2. The highest BCUT2D eigenvalue weighted by Gasteiger charge is 2.20. The van der Waals surface area contributed by atoms with Crippen molar-refractivity contribution < 1.29 is 9.12 Å². The molecule has 0 aromatic rings. The van der Waals surface area contributed by atoms with Gasteiger partial charge >= 0.3 is 0 Å². The molecule has 3 nitrogen and oxygen atoms in total. The Kier molecular flexibility index (Phi) is 5.54. The third-order valence-electron chi connectivity index (χ3n) is 1.16. The van der Waals surface area contributed by atoms with Crippen molar-refractivity contribution in [3.05, 3.63) is 0 Å². The van der Waals surface area contributed by atoms with Gasteiger partial charge in [0.05, 0.1) is 6.54 Å². The lowest BCUT2D eigenvalue weighted by atomic mass is 10.5. The van der Waals surface area contributed by atoms with E-state index in [-0.39, 0.29) is 4.93 Å². The van der Waals surface area contributed by atoms with E-state index in [4.69, 9.17) is 4.84 Å². The molecule has 0 unspecified atom stereocenters. The highest BCUT2D eigenvalue weighted by molar-refractivity contribution is 7.99. The summed E-state index contributed by atoms with van der Waals surface area (Å²) in [4.78, 5) is 5.12. The van der Waals surface area contributed by atoms with Gasteiger partial charge in [0.1, 0.15) is 4.93 Å². The van der Waals surface area contributed by atoms with E-state index in [1.54, 1.807) is 11.8 Å². The zero-order chi connectivity index (χ0) is 8.91. The first-order valence-electron chi connectivity index (χ1n) is 3.39. The minimum atomic E-state index is -0.265. The van der Waals surface area contributed by atoms with Crippen LogP contribution in [0.25, 0.3) is 0 Å². The van der Waals surface area contributed by atoms with Crippen molar-refractivity contribution in [1.29, 1.82) is 0 Å². The van der Waals surface area contributed by atoms with Crippen LogP contribution in [0, 0.1) is 0 Å². The Balaban J connectivity index is 3.79. The molecule has 0 aliphatic heterocycles. The summed E-state index contributed by atoms with van der Waals surface area (Å²) in [5, 5.41) is 1.33. The van der Waals surface area contributed by atoms with Crippen LogP contribution >= 0.6 is 24.7 Å². The predicted molar refractivity (Wildman–Crippen MR) is 51.1 cm³/mol. The average molecular weight is 197 g/mol. The minimum Gasteiger partial charge on any atom is -0.256 e. The van der Waals surface area contributed by atoms with E-state index >= 15 is 0 Å². The van der Waals surface area contributed by atoms with Crippen molar-refractivity contribution in [2.75, 3.05) is 12.8 Å². The lowest BCUT2D eigenvalue weighted by Gasteiger charge is -2.27. The van der Waals surface area contributed by atoms with Crippen molar-refractivity contribution in [3.63, 3.8) is 0 Å². The van der Waals surface area contributed by atoms with Crippen LogP contribution in [0.15, 0.2) is 0 Å². The van der Waals surface area contributed by atoms with Crippen LogP contribution in [0.5, 0.6) is 0 Å². The first kappa shape index (κ1) is 11.6. The van der Waals surface area contributed by atoms with Gasteiger partial charge in [-0.3, -0.25) is 4.84 Å². The molecule has 0 N–H and O–H groups in total. The van der Waals surface area contributed by atoms with Crippen LogP contribution in [0.1, 0.15) is 20.8 Å². The molecule has 0 bridgehead atoms. The maximum absolute atomic E-state index is 5.38. The normalized spacial score (nSPS) is 12.5. The van der Waals surface area contributed by atoms with Gasteiger partial charge < -0.3 is 0 Å². The molecule has 0 fully saturated rings. The first-order valence-corrected chi connectivity index (χ1v) is 4.98. The second-order valence-corrected chi connectivity index (χ2v) is 3.98. The maximum Gasteiger partial charge on any atom is 0.132 e. The van der Waals surface area contributed by atoms with Gasteiger partial charge in [-0.05, 0) is 27.0 Å². The van der Waals surface area contributed by atoms with E-state index in [1.165, 1.54) is 5.23 Å². The molecule has 0 saturated carbocycles. The third-order valence-corrected chi connectivity index (χ3v) is 2.40. The standard InChI is InChI=1S/C6H15NO2S2/c1-5-7(9-10)8-6(2,3)11-4/h10H,5H2,1-4H3. The maximum atomic E-state index is 5.38. The Labute approximate surface area is 77.9 Å². The van der Waals surface area contributed by atoms with Crippen molar-refractivity contribution in [2.45, 2.75) is 25.7 Å². The van der Waals surface area contributed by atoms with Crippen LogP contribution in [-0.2, 0) is 9.12 Å². The zero-order valence-electron chi connectivity index (χ0n) is 7.33. The van der Waals surface area contributed by atoms with Gasteiger partial charge in [0.2, 0.25) is 0 Å². The average Bonchev–Trinajstić information content (AvgIpc) is 2.00. The molecule has 0 rings (SSSR count). The van der Waals surface area contributed by atoms with Gasteiger partial charge in [0.25, 0.3) is 0 Å². The molecule has 0 aliphatic rings. The van der Waals surface area contributed by atoms with Crippen molar-refractivity contribution in [2.24, 2.45) is 0 Å². The molecule has 11 heavy (non-hydrogen) atoms. The van der Waals surface area contributed by atoms with Crippen LogP contribution in [0.2, 0.25) is 0 Å². The number of hydrogen-bond acceptors (Lipinski definition) is 5. The Morgan fingerprint density at radius 2 is 2.09 bits per heavy atom. The molecule has 0 aromatic carbocycles. The van der Waals surface area contributed by atoms with Crippen molar-refractivity contribution >= 4 is 24.7 Å². The van der Waals surface area contributed by atoms with E-state index in [0.717, 1.165) is 0 Å². The third kappa shape index (κ3) is 4.92. The van der Waals surface area contributed by atoms with Gasteiger partial charge in [-0.15, -0.1) is 11.8 Å². The smallest absolute Gasteiger partial charge is 0.132 e. The summed E-state index contributed by atoms with van der Waals surface area (Å²) in [5.74, 6) is 0. The highest BCUT2D eigenvalue weighted by Crippen LogP contribution is 2.24. The fourth-order valence-corrected chi connectivity index (χ4v) is 0.728. The molecule has 0 atom stereocenters. The quantitative estimate of drug-likeness (QED) is 0.315. The minimum absolute atomic E-state index is 0.265. The number of rotatable bonds is 5. The molecule has 0 heterocycles. The molecule has 0 radical (unpaired) electrons. The molecule has 0 aromatic heterocycles. The first-order chi connectivity index (χ1) is 5.05. The lowest BCUT2D eigenvalue weighted by molar-refractivity contribution is -0.332. The van der Waals surface area contributed by atoms with E-state index in [9.17, 15) is 0 Å². The van der Waals surface area contributed by atoms with E-state index in [2.05, 4.69) is 17.2 Å². The molecular weight excluding hydrogens is 182 g/mol. The highest BCUT2D eigenvalue weighted by atomic mass is 32.2. The molecule has 5 heteroatoms. The van der Waals surface area contributed by atoms with Crippen molar-refractivity contribution in [1.82, 2.24) is 5.23 Å². The Hall–Kier alpha value is 0.580. The van der Waals surface area contributed by atoms with Gasteiger partial charge in [0.15, 0.2) is 0 Å². The van der Waals surface area contributed by atoms with Gasteiger partial charge in [-0.2, -0.15) is 0 Å². The van der Waals surface area contributed by atoms with Gasteiger partial charge in [0, 0.05) is 12.9 Å². The largest absolute Gasteiger partial charge is 0.256 e. The molecule has 68 valence electrons. The fourth-order valence-electron chi connectivity index (χ4n) is 0.421. The Bertz CT molecular complexity index is 107. The summed E-state index contributed by atoms with van der Waals surface area (Å²) in [6.45, 7) is 6.50. The van der Waals surface area contributed by atoms with E-state index in [0.29, 0.717) is 6.54 Å². The fraction of sp³-hybridized carbons (Fsp3) is 1.00. The monoisotopic (exact) mass is 197 g/mol. The molecule has 0 aliphatic carbocycles. The summed E-state index contributed by atoms with van der Waals surface area (Å²) in [7, 11) is 0. The SMILES string of the molecule is CCN(OS)OC(C)(C)SC. The Morgan fingerprint density at radius 3 is 2.36 bits per heavy atom. The molecule has 0 amide bonds. The van der Waals surface area contributed by atoms with Gasteiger partial charge in [-0.25, -0.2) is 4.28 Å². The summed E-state index contributed by atoms with van der Waals surface area (Å²) in [6, 6.07) is 0. The van der Waals surface area contributed by atoms with E-state index < -0.39 is 0 Å². The van der Waals surface area contributed by atoms with Gasteiger partial charge in [-0.1, -0.05) is 5.23 Å². The summed E-state index contributed by atoms with van der Waals surface area (Å²) < 4.78 is 4.63. The molecule has 0 spiro atoms. The predicted octanol–water partition coefficient (Wildman–Crippen LogP) is 2.12. The second-order valence-electron chi connectivity index (χ2n) is 2.43. The number of thiol groups is 1. The van der Waals surface area contributed by atoms with Crippen molar-refractivity contribution in [3.8, 4) is 0 Å². The summed E-state index contributed by atoms with van der Waals surface area (Å²) in [5.41, 5.74) is 0. The van der Waals surface area contributed by atoms with E-state index in [1.807, 2.05) is 27.0 Å². The molecule has 0 saturated heterocycles. The second kappa shape index (κ2) is 5.27. The number of thioether (sulfide) groups is 1. The van der Waals surface area contributed by atoms with Crippen LogP contribution in [0.3, 0.4) is 0 Å². The number of hydrogen-bond donors (Lipinski definition) is 1. The van der Waals surface area contributed by atoms with Crippen LogP contribution < -0.4 is 0 Å². The summed E-state index contributed by atoms with van der Waals surface area (Å²) in [6.07, 6.45) is 1.98. The lowest BCUT2D eigenvalue weighted by Crippen LogP contribution is -2.31. The summed E-state index contributed by atoms with van der Waals surface area (Å²) >= 11 is 5.25. The Morgan fingerprint density at radius 1 is 1.55 bits per heavy atom. The number of nitrogens with zero attached hydrogens (tertiary/aromatic N) is 1.